The average Bonchev–Trinajstić information content (AvgIpc) is 3.53. The third kappa shape index (κ3) is 3.42. The number of ether oxygens (including phenoxy) is 1. The van der Waals surface area contributed by atoms with Gasteiger partial charge in [0.15, 0.2) is 5.75 Å². The van der Waals surface area contributed by atoms with Crippen molar-refractivity contribution in [3.8, 4) is 11.4 Å². The smallest absolute Gasteiger partial charge is 0.151 e. The molecule has 0 amide bonds. The monoisotopic (exact) mass is 520 g/mol. The second kappa shape index (κ2) is 8.62. The maximum atomic E-state index is 6.41. The number of hydrogen-bond acceptors (Lipinski definition) is 3. The molecule has 6 aromatic carbocycles. The van der Waals surface area contributed by atoms with Crippen LogP contribution < -0.4 is 10.5 Å². The Morgan fingerprint density at radius 3 is 2.21 bits per heavy atom. The van der Waals surface area contributed by atoms with Crippen molar-refractivity contribution in [3.63, 3.8) is 0 Å². The molecule has 186 valence electrons. The second-order valence-corrected chi connectivity index (χ2v) is 11.0. The molecule has 0 saturated heterocycles. The van der Waals surface area contributed by atoms with Crippen molar-refractivity contribution in [1.82, 2.24) is 4.57 Å². The summed E-state index contributed by atoms with van der Waals surface area (Å²) < 4.78 is 11.2. The molecule has 2 heterocycles. The zero-order chi connectivity index (χ0) is 25.9. The Balaban J connectivity index is 1.19. The summed E-state index contributed by atoms with van der Waals surface area (Å²) in [4.78, 5) is 0. The quantitative estimate of drug-likeness (QED) is 0.235. The number of nitrogen functional groups attached to an aromatic ring is 1. The normalized spacial score (nSPS) is 11.8. The van der Waals surface area contributed by atoms with Gasteiger partial charge in [0.25, 0.3) is 0 Å². The van der Waals surface area contributed by atoms with E-state index in [1.54, 1.807) is 11.3 Å². The largest absolute Gasteiger partial charge is 0.486 e. The highest BCUT2D eigenvalue weighted by molar-refractivity contribution is 7.25. The highest BCUT2D eigenvalue weighted by atomic mass is 32.1. The van der Waals surface area contributed by atoms with E-state index in [-0.39, 0.29) is 0 Å². The Kier molecular flexibility index (Phi) is 4.91. The van der Waals surface area contributed by atoms with Gasteiger partial charge in [0.2, 0.25) is 0 Å². The van der Waals surface area contributed by atoms with Crippen molar-refractivity contribution in [3.05, 3.63) is 127 Å². The van der Waals surface area contributed by atoms with Crippen molar-refractivity contribution < 1.29 is 4.74 Å². The van der Waals surface area contributed by atoms with Gasteiger partial charge in [0.05, 0.1) is 16.7 Å². The molecule has 8 rings (SSSR count). The lowest BCUT2D eigenvalue weighted by Gasteiger charge is -2.12. The predicted octanol–water partition coefficient (Wildman–Crippen LogP) is 9.47. The summed E-state index contributed by atoms with van der Waals surface area (Å²) in [5, 5.41) is 7.39. The molecule has 0 aliphatic rings. The minimum absolute atomic E-state index is 0.450. The van der Waals surface area contributed by atoms with Gasteiger partial charge in [0, 0.05) is 36.6 Å². The Morgan fingerprint density at radius 1 is 0.590 bits per heavy atom. The standard InChI is InChI=1S/C35H24N2OS/c36-28-18-20-32-34(27-10-4-6-12-31(27)39-32)35(28)38-21-22-13-16-24(17-14-22)37-29-11-5-3-9-26(29)33-25-8-2-1-7-23(25)15-19-30(33)37/h1-20H,21,36H2. The number of thiophene rings is 1. The molecule has 0 spiro atoms. The fourth-order valence-electron chi connectivity index (χ4n) is 5.87. The van der Waals surface area contributed by atoms with E-state index in [4.69, 9.17) is 10.5 Å². The molecule has 2 aromatic heterocycles. The first-order valence-electron chi connectivity index (χ1n) is 13.1. The van der Waals surface area contributed by atoms with Crippen molar-refractivity contribution in [2.24, 2.45) is 0 Å². The number of nitrogens with two attached hydrogens (primary N) is 1. The molecule has 39 heavy (non-hydrogen) atoms. The van der Waals surface area contributed by atoms with E-state index in [0.717, 1.165) is 22.4 Å². The SMILES string of the molecule is Nc1ccc2sc3ccccc3c2c1OCc1ccc(-n2c3ccccc3c3c4ccccc4ccc32)cc1. The van der Waals surface area contributed by atoms with Gasteiger partial charge >= 0.3 is 0 Å². The fourth-order valence-corrected chi connectivity index (χ4v) is 6.98. The molecule has 4 heteroatoms. The molecule has 0 radical (unpaired) electrons. The number of rotatable bonds is 4. The van der Waals surface area contributed by atoms with Gasteiger partial charge in [-0.3, -0.25) is 0 Å². The van der Waals surface area contributed by atoms with Gasteiger partial charge in [-0.25, -0.2) is 0 Å². The van der Waals surface area contributed by atoms with Crippen LogP contribution in [0.5, 0.6) is 5.75 Å². The van der Waals surface area contributed by atoms with Crippen LogP contribution in [0, 0.1) is 0 Å². The van der Waals surface area contributed by atoms with Crippen LogP contribution in [-0.4, -0.2) is 4.57 Å². The third-order valence-corrected chi connectivity index (χ3v) is 8.80. The lowest BCUT2D eigenvalue weighted by Crippen LogP contribution is -2.00. The zero-order valence-corrected chi connectivity index (χ0v) is 21.9. The van der Waals surface area contributed by atoms with Crippen molar-refractivity contribution in [1.29, 1.82) is 0 Å². The van der Waals surface area contributed by atoms with E-state index in [2.05, 4.69) is 120 Å². The number of benzene rings is 6. The minimum atomic E-state index is 0.450. The summed E-state index contributed by atoms with van der Waals surface area (Å²) in [5.41, 5.74) is 11.7. The number of para-hydroxylation sites is 1. The minimum Gasteiger partial charge on any atom is -0.486 e. The zero-order valence-electron chi connectivity index (χ0n) is 21.1. The van der Waals surface area contributed by atoms with Crippen LogP contribution in [0.3, 0.4) is 0 Å². The number of aromatic nitrogens is 1. The highest BCUT2D eigenvalue weighted by Crippen LogP contribution is 2.42. The number of anilines is 1. The topological polar surface area (TPSA) is 40.2 Å². The van der Waals surface area contributed by atoms with Crippen LogP contribution in [0.1, 0.15) is 5.56 Å². The van der Waals surface area contributed by atoms with Crippen molar-refractivity contribution in [2.75, 3.05) is 5.73 Å². The van der Waals surface area contributed by atoms with Crippen LogP contribution in [0.25, 0.3) is 58.4 Å². The molecule has 2 N–H and O–H groups in total. The summed E-state index contributed by atoms with van der Waals surface area (Å²) in [6.07, 6.45) is 0. The maximum Gasteiger partial charge on any atom is 0.151 e. The first-order valence-corrected chi connectivity index (χ1v) is 13.9. The Hall–Kier alpha value is -4.80. The summed E-state index contributed by atoms with van der Waals surface area (Å²) in [7, 11) is 0. The van der Waals surface area contributed by atoms with Crippen LogP contribution in [0.15, 0.2) is 121 Å². The fraction of sp³-hybridized carbons (Fsp3) is 0.0286. The lowest BCUT2D eigenvalue weighted by molar-refractivity contribution is 0.312. The van der Waals surface area contributed by atoms with E-state index >= 15 is 0 Å². The summed E-state index contributed by atoms with van der Waals surface area (Å²) in [5.74, 6) is 0.767. The van der Waals surface area contributed by atoms with Crippen molar-refractivity contribution in [2.45, 2.75) is 6.61 Å². The molecule has 0 atom stereocenters. The Bertz CT molecular complexity index is 2190. The Labute approximate surface area is 229 Å². The van der Waals surface area contributed by atoms with E-state index in [1.807, 2.05) is 6.07 Å². The summed E-state index contributed by atoms with van der Waals surface area (Å²) >= 11 is 1.77. The Morgan fingerprint density at radius 2 is 1.33 bits per heavy atom. The van der Waals surface area contributed by atoms with Gasteiger partial charge in [-0.2, -0.15) is 0 Å². The number of hydrogen-bond donors (Lipinski definition) is 1. The van der Waals surface area contributed by atoms with Crippen LogP contribution in [0.4, 0.5) is 5.69 Å². The van der Waals surface area contributed by atoms with Crippen LogP contribution in [-0.2, 0) is 6.61 Å². The molecule has 3 nitrogen and oxygen atoms in total. The average molecular weight is 521 g/mol. The summed E-state index contributed by atoms with van der Waals surface area (Å²) in [6, 6.07) is 42.9. The highest BCUT2D eigenvalue weighted by Gasteiger charge is 2.16. The molecule has 0 bridgehead atoms. The van der Waals surface area contributed by atoms with E-state index < -0.39 is 0 Å². The molecule has 8 aromatic rings. The van der Waals surface area contributed by atoms with E-state index in [0.29, 0.717) is 12.3 Å². The second-order valence-electron chi connectivity index (χ2n) is 9.94. The van der Waals surface area contributed by atoms with E-state index in [9.17, 15) is 0 Å². The van der Waals surface area contributed by atoms with Crippen LogP contribution >= 0.6 is 11.3 Å². The van der Waals surface area contributed by atoms with Gasteiger partial charge in [-0.15, -0.1) is 11.3 Å². The molecule has 0 unspecified atom stereocenters. The predicted molar refractivity (Wildman–Crippen MR) is 166 cm³/mol. The summed E-state index contributed by atoms with van der Waals surface area (Å²) in [6.45, 7) is 0.450. The van der Waals surface area contributed by atoms with E-state index in [1.165, 1.54) is 47.4 Å². The molecular formula is C35H24N2OS. The van der Waals surface area contributed by atoms with Crippen LogP contribution in [0.2, 0.25) is 0 Å². The number of nitrogens with zero attached hydrogens (tertiary/aromatic N) is 1. The first-order chi connectivity index (χ1) is 19.3. The first kappa shape index (κ1) is 22.2. The van der Waals surface area contributed by atoms with Crippen molar-refractivity contribution >= 4 is 69.8 Å². The third-order valence-electron chi connectivity index (χ3n) is 7.67. The molecule has 0 fully saturated rings. The molecule has 0 aliphatic carbocycles. The molecule has 0 saturated carbocycles. The number of fused-ring (bicyclic) bond motifs is 8. The van der Waals surface area contributed by atoms with Gasteiger partial charge in [-0.1, -0.05) is 78.9 Å². The molecule has 0 aliphatic heterocycles. The molecular weight excluding hydrogens is 496 g/mol. The van der Waals surface area contributed by atoms with Gasteiger partial charge < -0.3 is 15.0 Å². The lowest BCUT2D eigenvalue weighted by atomic mass is 10.0. The maximum absolute atomic E-state index is 6.41. The van der Waals surface area contributed by atoms with Gasteiger partial charge in [0.1, 0.15) is 6.61 Å². The van der Waals surface area contributed by atoms with Gasteiger partial charge in [-0.05, 0) is 58.8 Å².